The van der Waals surface area contributed by atoms with Crippen LogP contribution in [0.15, 0.2) is 73.4 Å². The largest absolute Gasteiger partial charge is 0.497 e. The summed E-state index contributed by atoms with van der Waals surface area (Å²) in [5.74, 6) is 4.14. The number of hydrogen-bond acceptors (Lipinski definition) is 4. The van der Waals surface area contributed by atoms with Gasteiger partial charge in [0.15, 0.2) is 6.10 Å². The summed E-state index contributed by atoms with van der Waals surface area (Å²) < 4.78 is 13.5. The lowest BCUT2D eigenvalue weighted by Gasteiger charge is -2.59. The van der Waals surface area contributed by atoms with Crippen molar-refractivity contribution in [2.45, 2.75) is 70.1 Å². The Morgan fingerprint density at radius 1 is 1.02 bits per heavy atom. The zero-order valence-corrected chi connectivity index (χ0v) is 25.5. The summed E-state index contributed by atoms with van der Waals surface area (Å²) in [4.78, 5) is 19.4. The van der Waals surface area contributed by atoms with E-state index in [0.29, 0.717) is 29.6 Å². The molecule has 6 bridgehead atoms. The van der Waals surface area contributed by atoms with Crippen molar-refractivity contribution >= 4 is 16.9 Å². The summed E-state index contributed by atoms with van der Waals surface area (Å²) in [5.41, 5.74) is 3.12. The van der Waals surface area contributed by atoms with Crippen LogP contribution in [0.25, 0.3) is 10.9 Å². The van der Waals surface area contributed by atoms with Gasteiger partial charge in [-0.05, 0) is 98.6 Å². The van der Waals surface area contributed by atoms with Gasteiger partial charge in [-0.15, -0.1) is 6.58 Å². The number of methoxy groups -OCH3 is 1. The van der Waals surface area contributed by atoms with Crippen molar-refractivity contribution in [3.05, 3.63) is 84.6 Å². The highest BCUT2D eigenvalue weighted by atomic mass is 16.5. The normalized spacial score (nSPS) is 36.4. The minimum Gasteiger partial charge on any atom is -0.497 e. The van der Waals surface area contributed by atoms with Crippen LogP contribution in [0.3, 0.4) is 0 Å². The molecule has 0 radical (unpaired) electrons. The molecule has 4 saturated carbocycles. The van der Waals surface area contributed by atoms with Crippen LogP contribution in [0.4, 0.5) is 0 Å². The molecular formula is C38H45N2O3+. The minimum absolute atomic E-state index is 0.0861. The summed E-state index contributed by atoms with van der Waals surface area (Å²) in [6.07, 6.45) is 13.1. The van der Waals surface area contributed by atoms with E-state index in [-0.39, 0.29) is 23.5 Å². The molecule has 224 valence electrons. The second kappa shape index (κ2) is 10.5. The Balaban J connectivity index is 1.21. The number of esters is 1. The third-order valence-electron chi connectivity index (χ3n) is 12.4. The van der Waals surface area contributed by atoms with Crippen LogP contribution in [0.5, 0.6) is 5.75 Å². The van der Waals surface area contributed by atoms with Crippen molar-refractivity contribution < 1.29 is 18.8 Å². The first kappa shape index (κ1) is 27.4. The van der Waals surface area contributed by atoms with Crippen LogP contribution in [0.2, 0.25) is 0 Å². The predicted octanol–water partition coefficient (Wildman–Crippen LogP) is 7.66. The Bertz CT molecular complexity index is 1490. The standard InChI is InChI=1S/C38H45N2O3/c1-3-29-24-40(23-25-8-10-31(42-2)11-9-25)15-13-30(29)19-35(40)36(33-12-14-39-34-7-5-4-6-32(33)34)43-37(41)38-20-26-16-27(21-38)18-28(17-26)22-38/h3-12,14,26-30,35-36H,1,13,15-24H2,2H3/q+1/t26?,27?,28?,29?,30?,35-,36+,38?,40?/m1/s1. The van der Waals surface area contributed by atoms with Gasteiger partial charge < -0.3 is 14.0 Å². The molecule has 7 fully saturated rings. The molecule has 2 aromatic carbocycles. The maximum Gasteiger partial charge on any atom is 0.312 e. The average molecular weight is 578 g/mol. The molecule has 5 heteroatoms. The summed E-state index contributed by atoms with van der Waals surface area (Å²) in [6, 6.07) is 19.3. The first-order valence-corrected chi connectivity index (χ1v) is 16.6. The Labute approximate surface area is 255 Å². The first-order valence-electron chi connectivity index (χ1n) is 16.6. The topological polar surface area (TPSA) is 48.4 Å². The van der Waals surface area contributed by atoms with Gasteiger partial charge in [-0.3, -0.25) is 9.78 Å². The fraction of sp³-hybridized carbons (Fsp3) is 0.526. The molecule has 0 spiro atoms. The van der Waals surface area contributed by atoms with Gasteiger partial charge in [0.05, 0.1) is 31.1 Å². The molecule has 5 atom stereocenters. The molecule has 0 N–H and O–H groups in total. The van der Waals surface area contributed by atoms with Crippen molar-refractivity contribution in [1.29, 1.82) is 0 Å². The average Bonchev–Trinajstić information content (AvgIpc) is 3.03. The number of quaternary nitrogens is 1. The first-order chi connectivity index (χ1) is 21.0. The molecule has 4 aliphatic carbocycles. The monoisotopic (exact) mass is 577 g/mol. The highest BCUT2D eigenvalue weighted by molar-refractivity contribution is 5.83. The van der Waals surface area contributed by atoms with Gasteiger partial charge >= 0.3 is 5.97 Å². The van der Waals surface area contributed by atoms with Crippen LogP contribution in [-0.2, 0) is 16.1 Å². The van der Waals surface area contributed by atoms with E-state index in [1.54, 1.807) is 7.11 Å². The molecule has 7 aliphatic rings. The highest BCUT2D eigenvalue weighted by Crippen LogP contribution is 2.61. The Kier molecular flexibility index (Phi) is 6.67. The summed E-state index contributed by atoms with van der Waals surface area (Å²) in [6.45, 7) is 7.32. The van der Waals surface area contributed by atoms with Crippen LogP contribution in [-0.4, -0.2) is 41.7 Å². The molecule has 3 saturated heterocycles. The van der Waals surface area contributed by atoms with Crippen molar-refractivity contribution in [2.75, 3.05) is 20.2 Å². The third-order valence-corrected chi connectivity index (χ3v) is 12.4. The molecule has 3 aliphatic heterocycles. The third kappa shape index (κ3) is 4.61. The fourth-order valence-electron chi connectivity index (χ4n) is 10.8. The zero-order chi connectivity index (χ0) is 29.2. The van der Waals surface area contributed by atoms with E-state index in [1.807, 2.05) is 12.3 Å². The molecule has 1 aromatic heterocycles. The smallest absolute Gasteiger partial charge is 0.312 e. The molecular weight excluding hydrogens is 532 g/mol. The Morgan fingerprint density at radius 2 is 1.74 bits per heavy atom. The molecule has 0 amide bonds. The number of nitrogens with zero attached hydrogens (tertiary/aromatic N) is 2. The summed E-state index contributed by atoms with van der Waals surface area (Å²) in [7, 11) is 1.72. The van der Waals surface area contributed by atoms with E-state index in [9.17, 15) is 4.79 Å². The van der Waals surface area contributed by atoms with E-state index in [1.165, 1.54) is 31.2 Å². The van der Waals surface area contributed by atoms with Crippen molar-refractivity contribution in [1.82, 2.24) is 4.98 Å². The fourth-order valence-corrected chi connectivity index (χ4v) is 10.8. The lowest BCUT2D eigenvalue weighted by atomic mass is 9.49. The quantitative estimate of drug-likeness (QED) is 0.157. The number of ether oxygens (including phenoxy) is 2. The number of para-hydroxylation sites is 1. The summed E-state index contributed by atoms with van der Waals surface area (Å²) >= 11 is 0. The zero-order valence-electron chi connectivity index (χ0n) is 25.5. The number of hydrogen-bond donors (Lipinski definition) is 0. The number of carbonyl (C=O) groups excluding carboxylic acids is 1. The maximum absolute atomic E-state index is 14.6. The maximum atomic E-state index is 14.6. The van der Waals surface area contributed by atoms with Crippen molar-refractivity contribution in [3.8, 4) is 5.75 Å². The van der Waals surface area contributed by atoms with E-state index in [0.717, 1.165) is 72.0 Å². The molecule has 3 aromatic rings. The van der Waals surface area contributed by atoms with Crippen LogP contribution >= 0.6 is 0 Å². The Morgan fingerprint density at radius 3 is 2.44 bits per heavy atom. The second-order valence-electron chi connectivity index (χ2n) is 14.8. The number of piperidine rings is 3. The summed E-state index contributed by atoms with van der Waals surface area (Å²) in [5, 5.41) is 1.11. The van der Waals surface area contributed by atoms with Crippen LogP contribution in [0, 0.1) is 35.0 Å². The molecule has 3 unspecified atom stereocenters. The molecule has 43 heavy (non-hydrogen) atoms. The van der Waals surface area contributed by atoms with Gasteiger partial charge in [-0.2, -0.15) is 0 Å². The molecule has 4 heterocycles. The number of carbonyl (C=O) groups is 1. The van der Waals surface area contributed by atoms with Crippen LogP contribution < -0.4 is 4.74 Å². The lowest BCUT2D eigenvalue weighted by molar-refractivity contribution is -0.984. The highest BCUT2D eigenvalue weighted by Gasteiger charge is 2.59. The number of rotatable bonds is 8. The molecule has 10 rings (SSSR count). The van der Waals surface area contributed by atoms with Crippen molar-refractivity contribution in [3.63, 3.8) is 0 Å². The SMILES string of the molecule is C=CC1C[N+]2(Cc3ccc(OC)cc3)CCC1C[C@@H]2[C@@H](OC(=O)C12CC3CC(CC(C3)C1)C2)c1ccnc2ccccc12. The Hall–Kier alpha value is -3.18. The number of fused-ring (bicyclic) bond motifs is 4. The number of aromatic nitrogens is 1. The molecule has 5 nitrogen and oxygen atoms in total. The van der Waals surface area contributed by atoms with Gasteiger partial charge in [-0.1, -0.05) is 24.3 Å². The minimum atomic E-state index is -0.305. The van der Waals surface area contributed by atoms with Gasteiger partial charge in [0.2, 0.25) is 0 Å². The van der Waals surface area contributed by atoms with E-state index >= 15 is 0 Å². The van der Waals surface area contributed by atoms with E-state index < -0.39 is 0 Å². The van der Waals surface area contributed by atoms with E-state index in [2.05, 4.69) is 61.2 Å². The lowest BCUT2D eigenvalue weighted by Crippen LogP contribution is -2.68. The van der Waals surface area contributed by atoms with Gasteiger partial charge in [0.25, 0.3) is 0 Å². The van der Waals surface area contributed by atoms with Gasteiger partial charge in [0.1, 0.15) is 18.3 Å². The van der Waals surface area contributed by atoms with Crippen LogP contribution in [0.1, 0.15) is 68.6 Å². The van der Waals surface area contributed by atoms with E-state index in [4.69, 9.17) is 14.5 Å². The van der Waals surface area contributed by atoms with Crippen molar-refractivity contribution in [2.24, 2.45) is 35.0 Å². The number of benzene rings is 2. The second-order valence-corrected chi connectivity index (χ2v) is 14.8. The predicted molar refractivity (Wildman–Crippen MR) is 168 cm³/mol. The number of pyridine rings is 1. The van der Waals surface area contributed by atoms with Gasteiger partial charge in [-0.25, -0.2) is 0 Å². The van der Waals surface area contributed by atoms with Gasteiger partial charge in [0, 0.05) is 41.5 Å².